The lowest BCUT2D eigenvalue weighted by molar-refractivity contribution is 0.660. The first-order valence-electron chi connectivity index (χ1n) is 38.5. The molecular formula is C110H92. The minimum Gasteiger partial charge on any atom is -0.0622 e. The molecular weight excluding hydrogens is 1320 g/mol. The standard InChI is InChI=1S/C19H16.C16H16.5C15H12/c1-15-12-18(16-8-4-2-5-9-16)14-19(13-15)17-10-6-3-7-11-17;1-11-8-9-15-13(10-11)12-6-4-5-7-14(12)16(15,2)3;1-11-14-8-4-2-6-12(14)10-13-7-3-5-9-15(11)13;1-11-5-4-8-14-9-12-6-2-3-7-13(12)10-15(11)14;1-11-6-9-15-13(10-11)8-7-12-4-2-3-5-14(12)15;1-11-6-7-14-9-12-4-2-3-5-13(12)10-15(14)8-11;1-11-6-7-13-9-8-12-4-2-3-5-14(12)15(13)10-11/h2-14H,1H3;4-10H,1-3H3;5*2-10H,1H3. The van der Waals surface area contributed by atoms with Crippen LogP contribution in [0.1, 0.15) is 63.9 Å². The lowest BCUT2D eigenvalue weighted by atomic mass is 9.82. The molecule has 20 aromatic carbocycles. The minimum absolute atomic E-state index is 0.152. The van der Waals surface area contributed by atoms with Crippen LogP contribution in [-0.2, 0) is 5.41 Å². The Hall–Kier alpha value is -13.0. The van der Waals surface area contributed by atoms with Crippen molar-refractivity contribution in [3.05, 3.63) is 444 Å². The maximum absolute atomic E-state index is 2.31. The molecule has 1 aliphatic carbocycles. The molecule has 0 saturated carbocycles. The van der Waals surface area contributed by atoms with E-state index in [0.29, 0.717) is 0 Å². The Bertz CT molecular complexity index is 6510. The number of fused-ring (bicyclic) bond motifs is 15. The Morgan fingerprint density at radius 1 is 0.164 bits per heavy atom. The fourth-order valence-electron chi connectivity index (χ4n) is 15.9. The van der Waals surface area contributed by atoms with Gasteiger partial charge in [0.15, 0.2) is 0 Å². The molecule has 532 valence electrons. The van der Waals surface area contributed by atoms with Gasteiger partial charge in [0, 0.05) is 5.41 Å². The molecule has 21 rings (SSSR count). The molecule has 0 spiro atoms. The SMILES string of the molecule is Cc1c2ccccc2cc2ccccc12.Cc1cc(-c2ccccc2)cc(-c2ccccc2)c1.Cc1ccc2c(c1)-c1ccccc1C2(C)C.Cc1ccc2c(ccc3ccccc32)c1.Cc1ccc2cc3ccccc3cc2c1.Cc1ccc2ccc3ccccc3c2c1.Cc1cccc2cc3ccccc3cc12. The number of hydrogen-bond donors (Lipinski definition) is 0. The molecule has 0 heteroatoms. The van der Waals surface area contributed by atoms with Crippen molar-refractivity contribution in [3.63, 3.8) is 0 Å². The summed E-state index contributed by atoms with van der Waals surface area (Å²) in [7, 11) is 0. The zero-order valence-corrected chi connectivity index (χ0v) is 64.5. The second kappa shape index (κ2) is 32.6. The molecule has 0 unspecified atom stereocenters. The summed E-state index contributed by atoms with van der Waals surface area (Å²) < 4.78 is 0. The highest BCUT2D eigenvalue weighted by molar-refractivity contribution is 6.09. The van der Waals surface area contributed by atoms with Gasteiger partial charge in [-0.1, -0.05) is 394 Å². The highest BCUT2D eigenvalue weighted by Crippen LogP contribution is 2.49. The average molecular weight is 1410 g/mol. The van der Waals surface area contributed by atoms with Crippen LogP contribution in [0.25, 0.3) is 141 Å². The van der Waals surface area contributed by atoms with Crippen LogP contribution >= 0.6 is 0 Å². The predicted octanol–water partition coefficient (Wildman–Crippen LogP) is 31.1. The van der Waals surface area contributed by atoms with E-state index in [0.717, 1.165) is 0 Å². The van der Waals surface area contributed by atoms with E-state index < -0.39 is 0 Å². The molecule has 0 amide bonds. The summed E-state index contributed by atoms with van der Waals surface area (Å²) >= 11 is 0. The van der Waals surface area contributed by atoms with Gasteiger partial charge in [-0.25, -0.2) is 0 Å². The molecule has 20 aromatic rings. The summed E-state index contributed by atoms with van der Waals surface area (Å²) in [6, 6.07) is 141. The van der Waals surface area contributed by atoms with Crippen LogP contribution in [0.4, 0.5) is 0 Å². The first-order chi connectivity index (χ1) is 53.6. The average Bonchev–Trinajstić information content (AvgIpc) is 1.58. The monoisotopic (exact) mass is 1410 g/mol. The fraction of sp³-hybridized carbons (Fsp3) is 0.0909. The topological polar surface area (TPSA) is 0 Å². The third-order valence-corrected chi connectivity index (χ3v) is 21.7. The van der Waals surface area contributed by atoms with E-state index in [1.54, 1.807) is 0 Å². The summed E-state index contributed by atoms with van der Waals surface area (Å²) in [5.74, 6) is 0. The fourth-order valence-corrected chi connectivity index (χ4v) is 15.9. The number of aryl methyl sites for hydroxylation is 7. The lowest BCUT2D eigenvalue weighted by Crippen LogP contribution is -2.14. The summed E-state index contributed by atoms with van der Waals surface area (Å²) in [5.41, 5.74) is 20.3. The van der Waals surface area contributed by atoms with Crippen molar-refractivity contribution in [2.75, 3.05) is 0 Å². The molecule has 1 aliphatic rings. The van der Waals surface area contributed by atoms with Crippen LogP contribution in [0.2, 0.25) is 0 Å². The molecule has 0 radical (unpaired) electrons. The van der Waals surface area contributed by atoms with Gasteiger partial charge in [-0.3, -0.25) is 0 Å². The van der Waals surface area contributed by atoms with Crippen molar-refractivity contribution in [1.29, 1.82) is 0 Å². The number of hydrogen-bond acceptors (Lipinski definition) is 0. The first kappa shape index (κ1) is 72.6. The molecule has 0 aliphatic heterocycles. The highest BCUT2D eigenvalue weighted by Gasteiger charge is 2.34. The Balaban J connectivity index is 0.000000102. The van der Waals surface area contributed by atoms with Gasteiger partial charge >= 0.3 is 0 Å². The smallest absolute Gasteiger partial charge is 0.0158 e. The third kappa shape index (κ3) is 16.1. The van der Waals surface area contributed by atoms with Crippen LogP contribution in [0, 0.1) is 48.5 Å². The maximum Gasteiger partial charge on any atom is 0.0158 e. The van der Waals surface area contributed by atoms with Gasteiger partial charge in [-0.2, -0.15) is 0 Å². The van der Waals surface area contributed by atoms with Crippen molar-refractivity contribution in [3.8, 4) is 33.4 Å². The summed E-state index contributed by atoms with van der Waals surface area (Å²) in [5, 5.41) is 26.6. The molecule has 0 N–H and O–H groups in total. The van der Waals surface area contributed by atoms with Gasteiger partial charge in [0.25, 0.3) is 0 Å². The lowest BCUT2D eigenvalue weighted by Gasteiger charge is -2.21. The molecule has 0 nitrogen and oxygen atoms in total. The predicted molar refractivity (Wildman–Crippen MR) is 482 cm³/mol. The molecule has 0 heterocycles. The van der Waals surface area contributed by atoms with Crippen molar-refractivity contribution in [2.24, 2.45) is 0 Å². The molecule has 0 aromatic heterocycles. The normalized spacial score (nSPS) is 11.6. The zero-order valence-electron chi connectivity index (χ0n) is 64.5. The summed E-state index contributed by atoms with van der Waals surface area (Å²) in [4.78, 5) is 0. The van der Waals surface area contributed by atoms with Crippen LogP contribution in [-0.4, -0.2) is 0 Å². The third-order valence-electron chi connectivity index (χ3n) is 21.7. The number of rotatable bonds is 2. The highest BCUT2D eigenvalue weighted by atomic mass is 14.4. The van der Waals surface area contributed by atoms with E-state index in [1.165, 1.54) is 191 Å². The largest absolute Gasteiger partial charge is 0.0622 e. The van der Waals surface area contributed by atoms with Crippen molar-refractivity contribution in [1.82, 2.24) is 0 Å². The Labute approximate surface area is 648 Å². The van der Waals surface area contributed by atoms with Gasteiger partial charge in [-0.15, -0.1) is 0 Å². The summed E-state index contributed by atoms with van der Waals surface area (Å²) in [6.45, 7) is 19.7. The summed E-state index contributed by atoms with van der Waals surface area (Å²) in [6.07, 6.45) is 0. The van der Waals surface area contributed by atoms with Crippen molar-refractivity contribution in [2.45, 2.75) is 67.7 Å². The van der Waals surface area contributed by atoms with Gasteiger partial charge in [-0.05, 0) is 254 Å². The minimum atomic E-state index is 0.152. The molecule has 0 bridgehead atoms. The van der Waals surface area contributed by atoms with Crippen LogP contribution in [0.15, 0.2) is 394 Å². The van der Waals surface area contributed by atoms with Gasteiger partial charge in [0.05, 0.1) is 0 Å². The second-order valence-electron chi connectivity index (χ2n) is 30.1. The first-order valence-corrected chi connectivity index (χ1v) is 38.5. The molecule has 0 fully saturated rings. The quantitative estimate of drug-likeness (QED) is 0.120. The van der Waals surface area contributed by atoms with Gasteiger partial charge in [0.2, 0.25) is 0 Å². The van der Waals surface area contributed by atoms with Crippen molar-refractivity contribution < 1.29 is 0 Å². The van der Waals surface area contributed by atoms with E-state index in [2.05, 4.69) is 457 Å². The number of benzene rings is 20. The zero-order chi connectivity index (χ0) is 75.7. The Morgan fingerprint density at radius 2 is 0.509 bits per heavy atom. The van der Waals surface area contributed by atoms with Crippen molar-refractivity contribution >= 4 is 108 Å². The molecule has 0 saturated heterocycles. The van der Waals surface area contributed by atoms with Gasteiger partial charge < -0.3 is 0 Å². The Morgan fingerprint density at radius 3 is 1.10 bits per heavy atom. The van der Waals surface area contributed by atoms with E-state index in [-0.39, 0.29) is 5.41 Å². The van der Waals surface area contributed by atoms with E-state index in [4.69, 9.17) is 0 Å². The van der Waals surface area contributed by atoms with E-state index in [1.807, 2.05) is 0 Å². The van der Waals surface area contributed by atoms with E-state index >= 15 is 0 Å². The second-order valence-corrected chi connectivity index (χ2v) is 30.1. The van der Waals surface area contributed by atoms with E-state index in [9.17, 15) is 0 Å². The van der Waals surface area contributed by atoms with Crippen LogP contribution in [0.3, 0.4) is 0 Å². The Kier molecular flexibility index (Phi) is 21.5. The van der Waals surface area contributed by atoms with Crippen LogP contribution < -0.4 is 0 Å². The molecule has 110 heavy (non-hydrogen) atoms. The van der Waals surface area contributed by atoms with Crippen LogP contribution in [0.5, 0.6) is 0 Å². The maximum atomic E-state index is 2.31. The molecule has 0 atom stereocenters. The van der Waals surface area contributed by atoms with Gasteiger partial charge in [0.1, 0.15) is 0 Å².